The first-order chi connectivity index (χ1) is 6.65. The zero-order chi connectivity index (χ0) is 10.6. The molecule has 14 heavy (non-hydrogen) atoms. The molecule has 1 atom stereocenters. The maximum absolute atomic E-state index is 9.29. The van der Waals surface area contributed by atoms with E-state index in [4.69, 9.17) is 11.5 Å². The third-order valence-corrected chi connectivity index (χ3v) is 2.75. The summed E-state index contributed by atoms with van der Waals surface area (Å²) < 4.78 is 0.679. The fraction of sp³-hybridized carbons (Fsp3) is 0.400. The van der Waals surface area contributed by atoms with Crippen LogP contribution in [0.3, 0.4) is 0 Å². The van der Waals surface area contributed by atoms with Crippen molar-refractivity contribution in [2.75, 3.05) is 6.54 Å². The molecule has 3 nitrogen and oxygen atoms in total. The SMILES string of the molecule is NCCC[C@@H](N)c1ccc(O)c(Br)c1. The Balaban J connectivity index is 2.70. The van der Waals surface area contributed by atoms with Crippen molar-refractivity contribution in [1.29, 1.82) is 0 Å². The number of phenolic OH excluding ortho intramolecular Hbond substituents is 1. The van der Waals surface area contributed by atoms with Gasteiger partial charge < -0.3 is 16.6 Å². The van der Waals surface area contributed by atoms with Gasteiger partial charge in [0.15, 0.2) is 0 Å². The standard InChI is InChI=1S/C10H15BrN2O/c11-8-6-7(3-4-10(8)14)9(13)2-1-5-12/h3-4,6,9,14H,1-2,5,12-13H2/t9-/m1/s1. The Kier molecular flexibility index (Phi) is 4.38. The van der Waals surface area contributed by atoms with Crippen LogP contribution in [0.4, 0.5) is 0 Å². The molecule has 0 aliphatic heterocycles. The van der Waals surface area contributed by atoms with Crippen LogP contribution in [0.5, 0.6) is 5.75 Å². The highest BCUT2D eigenvalue weighted by molar-refractivity contribution is 9.10. The van der Waals surface area contributed by atoms with Gasteiger partial charge in [0.25, 0.3) is 0 Å². The lowest BCUT2D eigenvalue weighted by Gasteiger charge is -2.11. The largest absolute Gasteiger partial charge is 0.507 e. The van der Waals surface area contributed by atoms with Crippen LogP contribution >= 0.6 is 15.9 Å². The highest BCUT2D eigenvalue weighted by Crippen LogP contribution is 2.27. The molecule has 0 aliphatic carbocycles. The van der Waals surface area contributed by atoms with Crippen LogP contribution in [0.25, 0.3) is 0 Å². The predicted molar refractivity (Wildman–Crippen MR) is 61.0 cm³/mol. The van der Waals surface area contributed by atoms with Crippen LogP contribution in [0.15, 0.2) is 22.7 Å². The molecule has 78 valence electrons. The van der Waals surface area contributed by atoms with Gasteiger partial charge in [-0.3, -0.25) is 0 Å². The van der Waals surface area contributed by atoms with Gasteiger partial charge >= 0.3 is 0 Å². The lowest BCUT2D eigenvalue weighted by atomic mass is 10.0. The van der Waals surface area contributed by atoms with Crippen LogP contribution in [-0.2, 0) is 0 Å². The normalized spacial score (nSPS) is 12.8. The van der Waals surface area contributed by atoms with Crippen molar-refractivity contribution < 1.29 is 5.11 Å². The first-order valence-corrected chi connectivity index (χ1v) is 5.38. The molecular formula is C10H15BrN2O. The van der Waals surface area contributed by atoms with Gasteiger partial charge in [0.2, 0.25) is 0 Å². The van der Waals surface area contributed by atoms with Gasteiger partial charge in [-0.05, 0) is 53.0 Å². The summed E-state index contributed by atoms with van der Waals surface area (Å²) in [5.41, 5.74) is 12.4. The van der Waals surface area contributed by atoms with E-state index < -0.39 is 0 Å². The topological polar surface area (TPSA) is 72.3 Å². The minimum Gasteiger partial charge on any atom is -0.507 e. The molecular weight excluding hydrogens is 244 g/mol. The molecule has 0 saturated carbocycles. The summed E-state index contributed by atoms with van der Waals surface area (Å²) in [6.07, 6.45) is 1.79. The quantitative estimate of drug-likeness (QED) is 0.773. The summed E-state index contributed by atoms with van der Waals surface area (Å²) in [4.78, 5) is 0. The second-order valence-corrected chi connectivity index (χ2v) is 4.10. The van der Waals surface area contributed by atoms with Crippen LogP contribution in [0.2, 0.25) is 0 Å². The van der Waals surface area contributed by atoms with Crippen LogP contribution < -0.4 is 11.5 Å². The fourth-order valence-electron chi connectivity index (χ4n) is 1.26. The number of phenols is 1. The smallest absolute Gasteiger partial charge is 0.129 e. The molecule has 0 fully saturated rings. The molecule has 0 heterocycles. The van der Waals surface area contributed by atoms with Crippen molar-refractivity contribution in [3.8, 4) is 5.75 Å². The van der Waals surface area contributed by atoms with Crippen molar-refractivity contribution in [3.63, 3.8) is 0 Å². The monoisotopic (exact) mass is 258 g/mol. The van der Waals surface area contributed by atoms with Gasteiger partial charge in [0.1, 0.15) is 5.75 Å². The van der Waals surface area contributed by atoms with E-state index in [0.717, 1.165) is 18.4 Å². The van der Waals surface area contributed by atoms with Crippen LogP contribution in [0.1, 0.15) is 24.4 Å². The molecule has 0 saturated heterocycles. The number of benzene rings is 1. The summed E-state index contributed by atoms with van der Waals surface area (Å²) in [6.45, 7) is 0.660. The maximum atomic E-state index is 9.29. The number of hydrogen-bond acceptors (Lipinski definition) is 3. The van der Waals surface area contributed by atoms with E-state index >= 15 is 0 Å². The zero-order valence-electron chi connectivity index (χ0n) is 7.91. The van der Waals surface area contributed by atoms with Crippen LogP contribution in [-0.4, -0.2) is 11.7 Å². The lowest BCUT2D eigenvalue weighted by Crippen LogP contribution is -2.12. The Morgan fingerprint density at radius 3 is 2.71 bits per heavy atom. The average molecular weight is 259 g/mol. The lowest BCUT2D eigenvalue weighted by molar-refractivity contribution is 0.471. The Morgan fingerprint density at radius 1 is 1.43 bits per heavy atom. The van der Waals surface area contributed by atoms with E-state index in [0.29, 0.717) is 11.0 Å². The molecule has 4 heteroatoms. The molecule has 5 N–H and O–H groups in total. The molecule has 0 aliphatic rings. The van der Waals surface area contributed by atoms with Gasteiger partial charge in [-0.1, -0.05) is 6.07 Å². The molecule has 0 aromatic heterocycles. The van der Waals surface area contributed by atoms with Gasteiger partial charge in [0.05, 0.1) is 4.47 Å². The van der Waals surface area contributed by atoms with E-state index in [1.807, 2.05) is 12.1 Å². The van der Waals surface area contributed by atoms with E-state index in [-0.39, 0.29) is 11.8 Å². The van der Waals surface area contributed by atoms with Crippen molar-refractivity contribution in [1.82, 2.24) is 0 Å². The number of hydrogen-bond donors (Lipinski definition) is 3. The number of aromatic hydroxyl groups is 1. The van der Waals surface area contributed by atoms with Crippen molar-refractivity contribution >= 4 is 15.9 Å². The molecule has 0 spiro atoms. The summed E-state index contributed by atoms with van der Waals surface area (Å²) in [5, 5.41) is 9.29. The Morgan fingerprint density at radius 2 is 2.14 bits per heavy atom. The molecule has 0 amide bonds. The summed E-state index contributed by atoms with van der Waals surface area (Å²) in [7, 11) is 0. The average Bonchev–Trinajstić information content (AvgIpc) is 2.18. The van der Waals surface area contributed by atoms with Gasteiger partial charge in [-0.2, -0.15) is 0 Å². The van der Waals surface area contributed by atoms with Gasteiger partial charge in [-0.15, -0.1) is 0 Å². The summed E-state index contributed by atoms with van der Waals surface area (Å²) >= 11 is 3.25. The third kappa shape index (κ3) is 2.97. The molecule has 1 aromatic rings. The zero-order valence-corrected chi connectivity index (χ0v) is 9.50. The van der Waals surface area contributed by atoms with E-state index in [2.05, 4.69) is 15.9 Å². The van der Waals surface area contributed by atoms with Crippen LogP contribution in [0, 0.1) is 0 Å². The second kappa shape index (κ2) is 5.34. The van der Waals surface area contributed by atoms with E-state index in [1.54, 1.807) is 6.07 Å². The molecule has 0 bridgehead atoms. The van der Waals surface area contributed by atoms with Crippen molar-refractivity contribution in [3.05, 3.63) is 28.2 Å². The van der Waals surface area contributed by atoms with E-state index in [9.17, 15) is 5.11 Å². The minimum absolute atomic E-state index is 0.00421. The van der Waals surface area contributed by atoms with Gasteiger partial charge in [0, 0.05) is 6.04 Å². The summed E-state index contributed by atoms with van der Waals surface area (Å²) in [5.74, 6) is 0.236. The Labute approximate surface area is 92.2 Å². The molecule has 1 rings (SSSR count). The summed E-state index contributed by atoms with van der Waals surface area (Å²) in [6, 6.07) is 5.31. The Bertz CT molecular complexity index is 304. The first-order valence-electron chi connectivity index (χ1n) is 4.59. The Hall–Kier alpha value is -0.580. The highest BCUT2D eigenvalue weighted by atomic mass is 79.9. The first kappa shape index (κ1) is 11.5. The van der Waals surface area contributed by atoms with E-state index in [1.165, 1.54) is 0 Å². The maximum Gasteiger partial charge on any atom is 0.129 e. The molecule has 0 unspecified atom stereocenters. The second-order valence-electron chi connectivity index (χ2n) is 3.25. The predicted octanol–water partition coefficient (Wildman–Crippen LogP) is 1.89. The molecule has 1 aromatic carbocycles. The van der Waals surface area contributed by atoms with Gasteiger partial charge in [-0.25, -0.2) is 0 Å². The number of halogens is 1. The molecule has 0 radical (unpaired) electrons. The van der Waals surface area contributed by atoms with Crippen molar-refractivity contribution in [2.45, 2.75) is 18.9 Å². The van der Waals surface area contributed by atoms with Crippen molar-refractivity contribution in [2.24, 2.45) is 11.5 Å². The number of nitrogens with two attached hydrogens (primary N) is 2. The highest BCUT2D eigenvalue weighted by Gasteiger charge is 2.07. The third-order valence-electron chi connectivity index (χ3n) is 2.12. The number of rotatable bonds is 4. The minimum atomic E-state index is -0.00421. The fourth-order valence-corrected chi connectivity index (χ4v) is 1.65.